The molecule has 0 radical (unpaired) electrons. The number of methoxy groups -OCH3 is 1. The minimum absolute atomic E-state index is 0.109. The van der Waals surface area contributed by atoms with Gasteiger partial charge in [0.25, 0.3) is 0 Å². The number of hydrogen-bond acceptors (Lipinski definition) is 3. The van der Waals surface area contributed by atoms with Crippen LogP contribution in [0, 0.1) is 0 Å². The van der Waals surface area contributed by atoms with Crippen molar-refractivity contribution in [1.29, 1.82) is 0 Å². The minimum atomic E-state index is -0.196. The van der Waals surface area contributed by atoms with E-state index in [1.165, 1.54) is 7.11 Å². The van der Waals surface area contributed by atoms with Crippen LogP contribution in [0.5, 0.6) is 5.75 Å². The average molecular weight is 284 g/mol. The number of benzene rings is 2. The van der Waals surface area contributed by atoms with Gasteiger partial charge < -0.3 is 9.47 Å². The van der Waals surface area contributed by atoms with E-state index in [1.54, 1.807) is 0 Å². The molecule has 2 aromatic carbocycles. The quantitative estimate of drug-likeness (QED) is 0.754. The van der Waals surface area contributed by atoms with Crippen molar-refractivity contribution in [1.82, 2.24) is 0 Å². The van der Waals surface area contributed by atoms with Crippen LogP contribution in [0.25, 0.3) is 0 Å². The lowest BCUT2D eigenvalue weighted by Crippen LogP contribution is -2.06. The van der Waals surface area contributed by atoms with Crippen LogP contribution in [0.4, 0.5) is 0 Å². The fourth-order valence-corrected chi connectivity index (χ4v) is 2.10. The summed E-state index contributed by atoms with van der Waals surface area (Å²) in [4.78, 5) is 11.3. The summed E-state index contributed by atoms with van der Waals surface area (Å²) in [6.07, 6.45) is 0.374. The van der Waals surface area contributed by atoms with Gasteiger partial charge in [-0.3, -0.25) is 4.79 Å². The highest BCUT2D eigenvalue weighted by Gasteiger charge is 2.12. The Bertz CT molecular complexity index is 578. The summed E-state index contributed by atoms with van der Waals surface area (Å²) in [6.45, 7) is 2.54. The van der Waals surface area contributed by atoms with Crippen LogP contribution >= 0.6 is 0 Å². The molecular weight excluding hydrogens is 264 g/mol. The summed E-state index contributed by atoms with van der Waals surface area (Å²) in [6, 6.07) is 17.9. The summed E-state index contributed by atoms with van der Waals surface area (Å²) in [7, 11) is 1.41. The molecule has 2 rings (SSSR count). The second kappa shape index (κ2) is 7.48. The first kappa shape index (κ1) is 15.1. The van der Waals surface area contributed by atoms with E-state index >= 15 is 0 Å². The van der Waals surface area contributed by atoms with Gasteiger partial charge in [-0.25, -0.2) is 0 Å². The molecule has 2 aromatic rings. The van der Waals surface area contributed by atoms with E-state index in [9.17, 15) is 4.79 Å². The molecule has 3 nitrogen and oxygen atoms in total. The van der Waals surface area contributed by atoms with E-state index in [0.717, 1.165) is 16.9 Å². The Morgan fingerprint density at radius 3 is 2.57 bits per heavy atom. The van der Waals surface area contributed by atoms with Crippen LogP contribution in [0.15, 0.2) is 54.6 Å². The van der Waals surface area contributed by atoms with Gasteiger partial charge in [0.15, 0.2) is 0 Å². The maximum atomic E-state index is 11.3. The zero-order valence-electron chi connectivity index (χ0n) is 12.4. The summed E-state index contributed by atoms with van der Waals surface area (Å²) < 4.78 is 10.5. The largest absolute Gasteiger partial charge is 0.489 e. The van der Waals surface area contributed by atoms with Crippen LogP contribution in [-0.4, -0.2) is 13.1 Å². The van der Waals surface area contributed by atoms with Gasteiger partial charge in [-0.05, 0) is 29.2 Å². The van der Waals surface area contributed by atoms with E-state index in [-0.39, 0.29) is 11.9 Å². The molecule has 110 valence electrons. The lowest BCUT2D eigenvalue weighted by Gasteiger charge is -2.13. The fraction of sp³-hybridized carbons (Fsp3) is 0.278. The summed E-state index contributed by atoms with van der Waals surface area (Å²) in [5.74, 6) is 0.726. The molecule has 0 aliphatic rings. The molecule has 0 bridgehead atoms. The summed E-state index contributed by atoms with van der Waals surface area (Å²) >= 11 is 0. The van der Waals surface area contributed by atoms with E-state index in [2.05, 4.69) is 0 Å². The topological polar surface area (TPSA) is 35.5 Å². The number of rotatable bonds is 6. The van der Waals surface area contributed by atoms with Gasteiger partial charge in [-0.2, -0.15) is 0 Å². The number of ether oxygens (including phenoxy) is 2. The van der Waals surface area contributed by atoms with Crippen molar-refractivity contribution in [2.24, 2.45) is 0 Å². The number of esters is 1. The van der Waals surface area contributed by atoms with Crippen molar-refractivity contribution < 1.29 is 14.3 Å². The SMILES string of the molecule is COC(=O)CC(C)c1cccc(OCc2ccccc2)c1. The molecule has 0 saturated carbocycles. The third-order valence-corrected chi connectivity index (χ3v) is 3.38. The number of carbonyl (C=O) groups is 1. The van der Waals surface area contributed by atoms with Crippen LogP contribution in [-0.2, 0) is 16.1 Å². The van der Waals surface area contributed by atoms with Crippen molar-refractivity contribution in [2.45, 2.75) is 25.9 Å². The molecule has 0 fully saturated rings. The maximum Gasteiger partial charge on any atom is 0.306 e. The van der Waals surface area contributed by atoms with E-state index < -0.39 is 0 Å². The zero-order chi connectivity index (χ0) is 15.1. The Kier molecular flexibility index (Phi) is 5.38. The fourth-order valence-electron chi connectivity index (χ4n) is 2.10. The molecule has 0 aliphatic heterocycles. The van der Waals surface area contributed by atoms with E-state index in [1.807, 2.05) is 61.5 Å². The van der Waals surface area contributed by atoms with Crippen LogP contribution < -0.4 is 4.74 Å². The second-order valence-corrected chi connectivity index (χ2v) is 5.03. The van der Waals surface area contributed by atoms with Crippen LogP contribution in [0.3, 0.4) is 0 Å². The number of hydrogen-bond donors (Lipinski definition) is 0. The lowest BCUT2D eigenvalue weighted by molar-refractivity contribution is -0.140. The molecule has 0 heterocycles. The monoisotopic (exact) mass is 284 g/mol. The Balaban J connectivity index is 1.99. The van der Waals surface area contributed by atoms with Gasteiger partial charge in [0, 0.05) is 0 Å². The van der Waals surface area contributed by atoms with Gasteiger partial charge in [0.1, 0.15) is 12.4 Å². The first-order chi connectivity index (χ1) is 10.2. The second-order valence-electron chi connectivity index (χ2n) is 5.03. The third kappa shape index (κ3) is 4.63. The van der Waals surface area contributed by atoms with Crippen molar-refractivity contribution >= 4 is 5.97 Å². The smallest absolute Gasteiger partial charge is 0.306 e. The third-order valence-electron chi connectivity index (χ3n) is 3.38. The van der Waals surface area contributed by atoms with Gasteiger partial charge in [0.2, 0.25) is 0 Å². The van der Waals surface area contributed by atoms with E-state index in [4.69, 9.17) is 9.47 Å². The van der Waals surface area contributed by atoms with Gasteiger partial charge in [-0.1, -0.05) is 49.4 Å². The highest BCUT2D eigenvalue weighted by Crippen LogP contribution is 2.24. The first-order valence-electron chi connectivity index (χ1n) is 7.02. The van der Waals surface area contributed by atoms with Gasteiger partial charge in [-0.15, -0.1) is 0 Å². The Hall–Kier alpha value is -2.29. The lowest BCUT2D eigenvalue weighted by atomic mass is 9.98. The first-order valence-corrected chi connectivity index (χ1v) is 7.02. The number of carbonyl (C=O) groups excluding carboxylic acids is 1. The highest BCUT2D eigenvalue weighted by atomic mass is 16.5. The molecule has 0 N–H and O–H groups in total. The van der Waals surface area contributed by atoms with Gasteiger partial charge in [0.05, 0.1) is 13.5 Å². The molecule has 0 aromatic heterocycles. The Morgan fingerprint density at radius 2 is 1.86 bits per heavy atom. The standard InChI is InChI=1S/C18H20O3/c1-14(11-18(19)20-2)16-9-6-10-17(12-16)21-13-15-7-4-3-5-8-15/h3-10,12,14H,11,13H2,1-2H3. The predicted molar refractivity (Wildman–Crippen MR) is 82.3 cm³/mol. The molecule has 0 aliphatic carbocycles. The Morgan fingerprint density at radius 1 is 1.10 bits per heavy atom. The molecule has 1 atom stereocenters. The predicted octanol–water partition coefficient (Wildman–Crippen LogP) is 3.93. The van der Waals surface area contributed by atoms with Crippen molar-refractivity contribution in [3.63, 3.8) is 0 Å². The molecular formula is C18H20O3. The van der Waals surface area contributed by atoms with Crippen molar-refractivity contribution in [3.8, 4) is 5.75 Å². The molecule has 1 unspecified atom stereocenters. The summed E-state index contributed by atoms with van der Waals surface area (Å²) in [5, 5.41) is 0. The zero-order valence-corrected chi connectivity index (χ0v) is 12.4. The van der Waals surface area contributed by atoms with Crippen LogP contribution in [0.2, 0.25) is 0 Å². The minimum Gasteiger partial charge on any atom is -0.489 e. The van der Waals surface area contributed by atoms with E-state index in [0.29, 0.717) is 13.0 Å². The Labute approximate surface area is 125 Å². The maximum absolute atomic E-state index is 11.3. The molecule has 0 spiro atoms. The van der Waals surface area contributed by atoms with Crippen molar-refractivity contribution in [2.75, 3.05) is 7.11 Å². The van der Waals surface area contributed by atoms with Gasteiger partial charge >= 0.3 is 5.97 Å². The molecule has 3 heteroatoms. The average Bonchev–Trinajstić information content (AvgIpc) is 2.54. The normalized spacial score (nSPS) is 11.7. The molecule has 0 amide bonds. The molecule has 0 saturated heterocycles. The van der Waals surface area contributed by atoms with Crippen LogP contribution in [0.1, 0.15) is 30.4 Å². The van der Waals surface area contributed by atoms with Crippen molar-refractivity contribution in [3.05, 3.63) is 65.7 Å². The molecule has 21 heavy (non-hydrogen) atoms. The summed E-state index contributed by atoms with van der Waals surface area (Å²) in [5.41, 5.74) is 2.21. The highest BCUT2D eigenvalue weighted by molar-refractivity contribution is 5.70.